The van der Waals surface area contributed by atoms with Gasteiger partial charge in [0.25, 0.3) is 10.1 Å². The second-order valence-electron chi connectivity index (χ2n) is 2.81. The smallest absolute Gasteiger partial charge is 0.273 e. The van der Waals surface area contributed by atoms with Crippen molar-refractivity contribution in [3.63, 3.8) is 0 Å². The molecular weight excluding hydrogens is 267 g/mol. The largest absolute Gasteiger partial charge is 0.443 e. The molecule has 1 rings (SSSR count). The number of aromatic nitrogens is 1. The van der Waals surface area contributed by atoms with Crippen LogP contribution >= 0.6 is 11.3 Å². The number of thiazole rings is 1. The van der Waals surface area contributed by atoms with Crippen molar-refractivity contribution in [2.45, 2.75) is 12.6 Å². The van der Waals surface area contributed by atoms with Crippen molar-refractivity contribution in [3.8, 4) is 0 Å². The molecule has 0 aliphatic heterocycles. The minimum absolute atomic E-state index is 0.0378. The lowest BCUT2D eigenvalue weighted by Gasteiger charge is -1.99. The monoisotopic (exact) mass is 275 g/mol. The topological polar surface area (TPSA) is 56.3 Å². The summed E-state index contributed by atoms with van der Waals surface area (Å²) in [5.41, 5.74) is 0. The average molecular weight is 275 g/mol. The Morgan fingerprint density at radius 2 is 2.12 bits per heavy atom. The Morgan fingerprint density at radius 1 is 1.50 bits per heavy atom. The highest BCUT2D eigenvalue weighted by Crippen LogP contribution is 2.32. The molecule has 0 bridgehead atoms. The van der Waals surface area contributed by atoms with Crippen LogP contribution in [0.5, 0.6) is 0 Å². The van der Waals surface area contributed by atoms with Crippen molar-refractivity contribution < 1.29 is 25.8 Å². The molecule has 0 spiro atoms. The summed E-state index contributed by atoms with van der Waals surface area (Å²) in [6.45, 7) is 0. The predicted octanol–water partition coefficient (Wildman–Crippen LogP) is 1.68. The SMILES string of the molecule is COS(=O)(=O)CCc1cnc(C(F)(F)F)s1. The molecular formula is C7H8F3NO3S2. The molecule has 0 aliphatic carbocycles. The molecule has 0 saturated heterocycles. The quantitative estimate of drug-likeness (QED) is 0.784. The van der Waals surface area contributed by atoms with E-state index in [1.165, 1.54) is 0 Å². The fourth-order valence-corrected chi connectivity index (χ4v) is 2.41. The van der Waals surface area contributed by atoms with E-state index >= 15 is 0 Å². The maximum Gasteiger partial charge on any atom is 0.443 e. The van der Waals surface area contributed by atoms with Crippen molar-refractivity contribution in [1.82, 2.24) is 4.98 Å². The molecule has 0 aliphatic rings. The van der Waals surface area contributed by atoms with Gasteiger partial charge in [0.15, 0.2) is 5.01 Å². The van der Waals surface area contributed by atoms with Gasteiger partial charge in [-0.15, -0.1) is 11.3 Å². The summed E-state index contributed by atoms with van der Waals surface area (Å²) in [5, 5.41) is -0.975. The fourth-order valence-electron chi connectivity index (χ4n) is 0.863. The van der Waals surface area contributed by atoms with Gasteiger partial charge in [-0.3, -0.25) is 4.18 Å². The molecule has 0 unspecified atom stereocenters. The Balaban J connectivity index is 2.67. The van der Waals surface area contributed by atoms with E-state index in [2.05, 4.69) is 9.17 Å². The molecule has 0 amide bonds. The van der Waals surface area contributed by atoms with E-state index in [-0.39, 0.29) is 17.1 Å². The second kappa shape index (κ2) is 4.68. The summed E-state index contributed by atoms with van der Waals surface area (Å²) in [7, 11) is -2.64. The summed E-state index contributed by atoms with van der Waals surface area (Å²) >= 11 is 0.435. The molecule has 0 N–H and O–H groups in total. The number of nitrogens with zero attached hydrogens (tertiary/aromatic N) is 1. The first-order valence-electron chi connectivity index (χ1n) is 4.05. The van der Waals surface area contributed by atoms with Crippen molar-refractivity contribution >= 4 is 21.5 Å². The highest BCUT2D eigenvalue weighted by atomic mass is 32.2. The Kier molecular flexibility index (Phi) is 3.92. The van der Waals surface area contributed by atoms with Crippen LogP contribution in [0.15, 0.2) is 6.20 Å². The van der Waals surface area contributed by atoms with E-state index < -0.39 is 21.3 Å². The summed E-state index contributed by atoms with van der Waals surface area (Å²) in [6, 6.07) is 0. The Morgan fingerprint density at radius 3 is 2.56 bits per heavy atom. The minimum Gasteiger partial charge on any atom is -0.273 e. The number of alkyl halides is 3. The second-order valence-corrected chi connectivity index (χ2v) is 5.78. The van der Waals surface area contributed by atoms with E-state index in [1.54, 1.807) is 0 Å². The molecule has 1 aromatic heterocycles. The highest BCUT2D eigenvalue weighted by Gasteiger charge is 2.34. The zero-order chi connectivity index (χ0) is 12.4. The lowest BCUT2D eigenvalue weighted by molar-refractivity contribution is -0.137. The summed E-state index contributed by atoms with van der Waals surface area (Å²) in [5.74, 6) is -0.358. The third kappa shape index (κ3) is 3.72. The number of rotatable bonds is 4. The molecule has 0 atom stereocenters. The number of hydrogen-bond acceptors (Lipinski definition) is 5. The third-order valence-corrected chi connectivity index (χ3v) is 3.96. The summed E-state index contributed by atoms with van der Waals surface area (Å²) in [6.07, 6.45) is -3.49. The predicted molar refractivity (Wildman–Crippen MR) is 51.6 cm³/mol. The molecule has 1 heterocycles. The van der Waals surface area contributed by atoms with E-state index in [9.17, 15) is 21.6 Å². The highest BCUT2D eigenvalue weighted by molar-refractivity contribution is 7.86. The van der Waals surface area contributed by atoms with Gasteiger partial charge in [-0.25, -0.2) is 4.98 Å². The molecule has 0 saturated carbocycles. The minimum atomic E-state index is -4.48. The van der Waals surface area contributed by atoms with Gasteiger partial charge in [0.05, 0.1) is 12.9 Å². The average Bonchev–Trinajstić information content (AvgIpc) is 2.63. The molecule has 4 nitrogen and oxygen atoms in total. The fraction of sp³-hybridized carbons (Fsp3) is 0.571. The van der Waals surface area contributed by atoms with Crippen molar-refractivity contribution in [2.24, 2.45) is 0 Å². The van der Waals surface area contributed by atoms with E-state index in [4.69, 9.17) is 0 Å². The maximum atomic E-state index is 12.1. The molecule has 1 aromatic rings. The number of aryl methyl sites for hydroxylation is 1. The van der Waals surface area contributed by atoms with Crippen LogP contribution in [-0.4, -0.2) is 26.3 Å². The van der Waals surface area contributed by atoms with E-state index in [0.29, 0.717) is 11.3 Å². The summed E-state index contributed by atoms with van der Waals surface area (Å²) < 4.78 is 62.4. The van der Waals surface area contributed by atoms with Gasteiger partial charge >= 0.3 is 6.18 Å². The first-order valence-corrected chi connectivity index (χ1v) is 6.44. The van der Waals surface area contributed by atoms with Crippen molar-refractivity contribution in [3.05, 3.63) is 16.1 Å². The van der Waals surface area contributed by atoms with Crippen LogP contribution < -0.4 is 0 Å². The van der Waals surface area contributed by atoms with Gasteiger partial charge in [0, 0.05) is 11.1 Å². The van der Waals surface area contributed by atoms with Gasteiger partial charge in [0.2, 0.25) is 0 Å². The normalized spacial score (nSPS) is 13.0. The summed E-state index contributed by atoms with van der Waals surface area (Å²) in [4.78, 5) is 3.43. The van der Waals surface area contributed by atoms with Crippen LogP contribution in [0.3, 0.4) is 0 Å². The van der Waals surface area contributed by atoms with Crippen LogP contribution in [0.25, 0.3) is 0 Å². The first-order chi connectivity index (χ1) is 7.24. The van der Waals surface area contributed by atoms with Crippen LogP contribution in [0.1, 0.15) is 9.88 Å². The third-order valence-electron chi connectivity index (χ3n) is 1.65. The molecule has 0 aromatic carbocycles. The molecule has 0 fully saturated rings. The standard InChI is InChI=1S/C7H8F3NO3S2/c1-14-16(12,13)3-2-5-4-11-6(15-5)7(8,9)10/h4H,2-3H2,1H3. The van der Waals surface area contributed by atoms with Gasteiger partial charge in [-0.1, -0.05) is 0 Å². The van der Waals surface area contributed by atoms with E-state index in [0.717, 1.165) is 13.3 Å². The van der Waals surface area contributed by atoms with Gasteiger partial charge in [-0.2, -0.15) is 21.6 Å². The van der Waals surface area contributed by atoms with Crippen LogP contribution in [-0.2, 0) is 26.9 Å². The van der Waals surface area contributed by atoms with Crippen molar-refractivity contribution in [2.75, 3.05) is 12.9 Å². The maximum absolute atomic E-state index is 12.1. The lowest BCUT2D eigenvalue weighted by atomic mass is 10.4. The van der Waals surface area contributed by atoms with E-state index in [1.807, 2.05) is 0 Å². The number of hydrogen-bond donors (Lipinski definition) is 0. The zero-order valence-corrected chi connectivity index (χ0v) is 9.75. The Bertz CT molecular complexity index is 452. The molecule has 92 valence electrons. The first kappa shape index (κ1) is 13.4. The lowest BCUT2D eigenvalue weighted by Crippen LogP contribution is -2.09. The molecule has 0 radical (unpaired) electrons. The van der Waals surface area contributed by atoms with Gasteiger partial charge in [0.1, 0.15) is 0 Å². The number of halogens is 3. The van der Waals surface area contributed by atoms with Gasteiger partial charge < -0.3 is 0 Å². The Labute approximate surface area is 94.2 Å². The van der Waals surface area contributed by atoms with Crippen molar-refractivity contribution in [1.29, 1.82) is 0 Å². The van der Waals surface area contributed by atoms with Crippen LogP contribution in [0.4, 0.5) is 13.2 Å². The molecule has 16 heavy (non-hydrogen) atoms. The molecule has 9 heteroatoms. The van der Waals surface area contributed by atoms with Crippen LogP contribution in [0, 0.1) is 0 Å². The van der Waals surface area contributed by atoms with Gasteiger partial charge in [-0.05, 0) is 6.42 Å². The zero-order valence-electron chi connectivity index (χ0n) is 8.11. The Hall–Kier alpha value is -0.670. The van der Waals surface area contributed by atoms with Crippen LogP contribution in [0.2, 0.25) is 0 Å².